The van der Waals surface area contributed by atoms with E-state index < -0.39 is 0 Å². The standard InChI is InChI=1S/C12H22NO3.CH4O.CH2O.Na/c1-11(15)13(8-5-9-14)16-10-12-6-3-2-4-7-12;2*1-2;/h12H,2-10H2,1H3;2H,1H3;1H2;/q-1;;;+1. The molecule has 1 aliphatic rings. The molecule has 0 aliphatic heterocycles. The van der Waals surface area contributed by atoms with Crippen LogP contribution in [-0.4, -0.2) is 49.7 Å². The van der Waals surface area contributed by atoms with Crippen molar-refractivity contribution in [2.75, 3.05) is 26.9 Å². The first-order chi connectivity index (χ1) is 9.74. The summed E-state index contributed by atoms with van der Waals surface area (Å²) in [5, 5.41) is 18.7. The van der Waals surface area contributed by atoms with Crippen LogP contribution in [0.5, 0.6) is 0 Å². The van der Waals surface area contributed by atoms with E-state index in [-0.39, 0.29) is 42.1 Å². The van der Waals surface area contributed by atoms with Crippen molar-refractivity contribution in [1.29, 1.82) is 0 Å². The fourth-order valence-electron chi connectivity index (χ4n) is 2.07. The maximum atomic E-state index is 11.2. The molecule has 0 saturated heterocycles. The molecule has 1 rings (SSSR count). The molecule has 1 amide bonds. The normalized spacial score (nSPS) is 13.7. The van der Waals surface area contributed by atoms with E-state index in [0.717, 1.165) is 7.11 Å². The summed E-state index contributed by atoms with van der Waals surface area (Å²) in [4.78, 5) is 24.7. The zero-order valence-corrected chi connectivity index (χ0v) is 15.7. The number of rotatable bonds is 6. The van der Waals surface area contributed by atoms with Crippen LogP contribution in [0.1, 0.15) is 45.4 Å². The maximum absolute atomic E-state index is 11.2. The van der Waals surface area contributed by atoms with Gasteiger partial charge in [0.1, 0.15) is 6.79 Å². The molecule has 1 fully saturated rings. The summed E-state index contributed by atoms with van der Waals surface area (Å²) in [6.07, 6.45) is 6.73. The van der Waals surface area contributed by atoms with Gasteiger partial charge in [0.25, 0.3) is 0 Å². The number of carbonyl (C=O) groups is 2. The van der Waals surface area contributed by atoms with Gasteiger partial charge >= 0.3 is 29.6 Å². The van der Waals surface area contributed by atoms with Gasteiger partial charge in [0.05, 0.1) is 6.61 Å². The van der Waals surface area contributed by atoms with Crippen LogP contribution in [0, 0.1) is 5.92 Å². The molecule has 6 nitrogen and oxygen atoms in total. The molecule has 0 aromatic carbocycles. The zero-order chi connectivity index (χ0) is 15.8. The van der Waals surface area contributed by atoms with Crippen LogP contribution in [-0.2, 0) is 14.4 Å². The fraction of sp³-hybridized carbons (Fsp3) is 0.857. The number of hydrogen-bond acceptors (Lipinski definition) is 5. The molecular formula is C14H28NNaO5. The van der Waals surface area contributed by atoms with Gasteiger partial charge in [-0.05, 0) is 25.2 Å². The monoisotopic (exact) mass is 313 g/mol. The molecular weight excluding hydrogens is 285 g/mol. The van der Waals surface area contributed by atoms with Gasteiger partial charge in [0.2, 0.25) is 5.91 Å². The summed E-state index contributed by atoms with van der Waals surface area (Å²) in [6, 6.07) is 0. The predicted octanol–water partition coefficient (Wildman–Crippen LogP) is -2.48. The first kappa shape index (κ1) is 25.9. The fourth-order valence-corrected chi connectivity index (χ4v) is 2.07. The summed E-state index contributed by atoms with van der Waals surface area (Å²) in [7, 11) is 1.00. The Morgan fingerprint density at radius 2 is 1.81 bits per heavy atom. The van der Waals surface area contributed by atoms with E-state index in [0.29, 0.717) is 25.5 Å². The summed E-state index contributed by atoms with van der Waals surface area (Å²) in [6.45, 7) is 4.37. The second-order valence-corrected chi connectivity index (χ2v) is 4.48. The topological polar surface area (TPSA) is 89.9 Å². The average molecular weight is 313 g/mol. The van der Waals surface area contributed by atoms with Crippen molar-refractivity contribution in [2.45, 2.75) is 45.4 Å². The Labute approximate surface area is 150 Å². The second-order valence-electron chi connectivity index (χ2n) is 4.48. The number of hydrogen-bond donors (Lipinski definition) is 1. The quantitative estimate of drug-likeness (QED) is 0.433. The Hall–Kier alpha value is 0.0200. The van der Waals surface area contributed by atoms with Crippen LogP contribution in [0.4, 0.5) is 0 Å². The SMILES string of the molecule is C=O.CC(=O)N(CCC[O-])OCC1CCCCC1.CO.[Na+]. The van der Waals surface area contributed by atoms with Crippen LogP contribution >= 0.6 is 0 Å². The number of hydroxylamine groups is 2. The molecule has 0 unspecified atom stereocenters. The number of amides is 1. The summed E-state index contributed by atoms with van der Waals surface area (Å²) >= 11 is 0. The van der Waals surface area contributed by atoms with Crippen molar-refractivity contribution >= 4 is 12.7 Å². The predicted molar refractivity (Wildman–Crippen MR) is 74.7 cm³/mol. The van der Waals surface area contributed by atoms with Gasteiger partial charge in [-0.1, -0.05) is 19.3 Å². The van der Waals surface area contributed by atoms with Gasteiger partial charge < -0.3 is 15.0 Å². The van der Waals surface area contributed by atoms with E-state index in [9.17, 15) is 9.90 Å². The van der Waals surface area contributed by atoms with Gasteiger partial charge in [0, 0.05) is 20.6 Å². The first-order valence-corrected chi connectivity index (χ1v) is 6.96. The van der Waals surface area contributed by atoms with E-state index in [1.807, 2.05) is 6.79 Å². The van der Waals surface area contributed by atoms with Crippen molar-refractivity contribution < 1.29 is 54.2 Å². The molecule has 0 aromatic rings. The Bertz CT molecular complexity index is 225. The first-order valence-electron chi connectivity index (χ1n) is 6.96. The molecule has 0 bridgehead atoms. The van der Waals surface area contributed by atoms with Crippen molar-refractivity contribution in [3.8, 4) is 0 Å². The van der Waals surface area contributed by atoms with Crippen LogP contribution < -0.4 is 34.7 Å². The third kappa shape index (κ3) is 14.7. The molecule has 21 heavy (non-hydrogen) atoms. The van der Waals surface area contributed by atoms with E-state index in [2.05, 4.69) is 0 Å². The third-order valence-electron chi connectivity index (χ3n) is 3.05. The third-order valence-corrected chi connectivity index (χ3v) is 3.05. The molecule has 120 valence electrons. The minimum absolute atomic E-state index is 0. The van der Waals surface area contributed by atoms with Crippen LogP contribution in [0.2, 0.25) is 0 Å². The molecule has 1 aliphatic carbocycles. The van der Waals surface area contributed by atoms with Crippen LogP contribution in [0.15, 0.2) is 0 Å². The van der Waals surface area contributed by atoms with Crippen LogP contribution in [0.25, 0.3) is 0 Å². The minimum atomic E-state index is -0.156. The van der Waals surface area contributed by atoms with Crippen molar-refractivity contribution in [3.63, 3.8) is 0 Å². The Balaban J connectivity index is -0.000000595. The smallest absolute Gasteiger partial charge is 0.854 e. The van der Waals surface area contributed by atoms with Gasteiger partial charge in [0.15, 0.2) is 0 Å². The second kappa shape index (κ2) is 20.0. The van der Waals surface area contributed by atoms with E-state index in [4.69, 9.17) is 14.7 Å². The molecule has 0 heterocycles. The van der Waals surface area contributed by atoms with E-state index in [1.54, 1.807) is 0 Å². The molecule has 7 heteroatoms. The summed E-state index contributed by atoms with van der Waals surface area (Å²) < 4.78 is 0. The van der Waals surface area contributed by atoms with Gasteiger partial charge in [-0.25, -0.2) is 5.06 Å². The largest absolute Gasteiger partial charge is 1.00 e. The van der Waals surface area contributed by atoms with Gasteiger partial charge in [-0.15, -0.1) is 6.61 Å². The molecule has 0 radical (unpaired) electrons. The van der Waals surface area contributed by atoms with E-state index in [1.165, 1.54) is 44.1 Å². The average Bonchev–Trinajstić information content (AvgIpc) is 2.52. The molecule has 0 atom stereocenters. The summed E-state index contributed by atoms with van der Waals surface area (Å²) in [5.74, 6) is 0.479. The van der Waals surface area contributed by atoms with Crippen molar-refractivity contribution in [2.24, 2.45) is 5.92 Å². The van der Waals surface area contributed by atoms with E-state index >= 15 is 0 Å². The zero-order valence-electron chi connectivity index (χ0n) is 13.7. The van der Waals surface area contributed by atoms with Gasteiger partial charge in [-0.2, -0.15) is 0 Å². The van der Waals surface area contributed by atoms with Crippen LogP contribution in [0.3, 0.4) is 0 Å². The number of aliphatic hydroxyl groups excluding tert-OH is 1. The summed E-state index contributed by atoms with van der Waals surface area (Å²) in [5.41, 5.74) is 0. The van der Waals surface area contributed by atoms with Crippen molar-refractivity contribution in [1.82, 2.24) is 5.06 Å². The van der Waals surface area contributed by atoms with Crippen molar-refractivity contribution in [3.05, 3.63) is 0 Å². The molecule has 0 spiro atoms. The molecule has 1 saturated carbocycles. The number of nitrogens with zero attached hydrogens (tertiary/aromatic N) is 1. The number of carbonyl (C=O) groups excluding carboxylic acids is 2. The number of aliphatic hydroxyl groups is 1. The Morgan fingerprint density at radius 1 is 1.29 bits per heavy atom. The minimum Gasteiger partial charge on any atom is -0.854 e. The Morgan fingerprint density at radius 3 is 2.24 bits per heavy atom. The molecule has 1 N–H and O–H groups in total. The Kier molecular flexibility index (Phi) is 24.7. The van der Waals surface area contributed by atoms with Gasteiger partial charge in [-0.3, -0.25) is 9.63 Å². The maximum Gasteiger partial charge on any atom is 1.00 e. The molecule has 0 aromatic heterocycles.